The Bertz CT molecular complexity index is 997. The first kappa shape index (κ1) is 21.3. The van der Waals surface area contributed by atoms with Crippen molar-refractivity contribution in [3.8, 4) is 11.3 Å². The molecule has 1 aromatic heterocycles. The summed E-state index contributed by atoms with van der Waals surface area (Å²) in [5.41, 5.74) is -7.23. The molecule has 0 aliphatic rings. The number of halogens is 8. The number of nitrogens with one attached hydrogen (secondary N) is 1. The zero-order valence-corrected chi connectivity index (χ0v) is 14.9. The van der Waals surface area contributed by atoms with Gasteiger partial charge in [0.05, 0.1) is 17.0 Å². The predicted molar refractivity (Wildman–Crippen MR) is 82.1 cm³/mol. The van der Waals surface area contributed by atoms with Crippen LogP contribution in [0, 0.1) is 5.82 Å². The van der Waals surface area contributed by atoms with Crippen LogP contribution < -0.4 is 4.72 Å². The highest BCUT2D eigenvalue weighted by atomic mass is 35.5. The lowest BCUT2D eigenvalue weighted by atomic mass is 10.0. The summed E-state index contributed by atoms with van der Waals surface area (Å²) in [5, 5.41) is 2.65. The number of alkyl halides is 6. The second-order valence-electron chi connectivity index (χ2n) is 5.38. The lowest BCUT2D eigenvalue weighted by Crippen LogP contribution is -2.19. The molecular formula is C13H9ClF7N3O2S. The molecule has 0 atom stereocenters. The van der Waals surface area contributed by atoms with E-state index in [1.54, 1.807) is 0 Å². The SMILES string of the molecule is Cn1nc(-c2cc(NS(C)(=O)=O)c(Cl)cc2F)c(C(F)(F)F)c1C(F)(F)F. The average Bonchev–Trinajstić information content (AvgIpc) is 2.77. The molecule has 1 N–H and O–H groups in total. The van der Waals surface area contributed by atoms with Gasteiger partial charge in [0, 0.05) is 12.6 Å². The first-order valence-corrected chi connectivity index (χ1v) is 8.98. The summed E-state index contributed by atoms with van der Waals surface area (Å²) in [6, 6.07) is 1.00. The van der Waals surface area contributed by atoms with Crippen molar-refractivity contribution in [1.82, 2.24) is 9.78 Å². The highest BCUT2D eigenvalue weighted by Gasteiger charge is 2.49. The number of aryl methyl sites for hydroxylation is 1. The normalized spacial score (nSPS) is 13.1. The van der Waals surface area contributed by atoms with Crippen LogP contribution in [0.25, 0.3) is 11.3 Å². The smallest absolute Gasteiger partial charge is 0.282 e. The molecule has 2 aromatic rings. The van der Waals surface area contributed by atoms with Gasteiger partial charge in [-0.2, -0.15) is 31.4 Å². The van der Waals surface area contributed by atoms with Crippen molar-refractivity contribution in [3.05, 3.63) is 34.2 Å². The molecule has 0 aliphatic carbocycles. The maximum atomic E-state index is 14.2. The Morgan fingerprint density at radius 3 is 2.11 bits per heavy atom. The number of aromatic nitrogens is 2. The van der Waals surface area contributed by atoms with Crippen LogP contribution in [0.15, 0.2) is 12.1 Å². The maximum Gasteiger partial charge on any atom is 0.433 e. The fraction of sp³-hybridized carbons (Fsp3) is 0.308. The minimum Gasteiger partial charge on any atom is -0.282 e. The number of hydrogen-bond donors (Lipinski definition) is 1. The van der Waals surface area contributed by atoms with Gasteiger partial charge in [-0.05, 0) is 12.1 Å². The molecule has 1 heterocycles. The fourth-order valence-electron chi connectivity index (χ4n) is 2.31. The lowest BCUT2D eigenvalue weighted by molar-refractivity contribution is -0.165. The molecule has 0 radical (unpaired) electrons. The second kappa shape index (κ2) is 6.55. The van der Waals surface area contributed by atoms with Crippen LogP contribution in [0.1, 0.15) is 11.3 Å². The highest BCUT2D eigenvalue weighted by Crippen LogP contribution is 2.46. The molecule has 0 spiro atoms. The Labute approximate surface area is 152 Å². The molecular weight excluding hydrogens is 431 g/mol. The van der Waals surface area contributed by atoms with E-state index in [2.05, 4.69) is 5.10 Å². The van der Waals surface area contributed by atoms with Crippen LogP contribution in [0.4, 0.5) is 36.4 Å². The number of sulfonamides is 1. The number of benzene rings is 1. The number of nitrogens with zero attached hydrogens (tertiary/aromatic N) is 2. The third-order valence-electron chi connectivity index (χ3n) is 3.21. The average molecular weight is 440 g/mol. The van der Waals surface area contributed by atoms with E-state index in [0.29, 0.717) is 25.4 Å². The topological polar surface area (TPSA) is 64.0 Å². The van der Waals surface area contributed by atoms with Gasteiger partial charge in [-0.1, -0.05) is 11.6 Å². The first-order valence-electron chi connectivity index (χ1n) is 6.71. The van der Waals surface area contributed by atoms with E-state index in [9.17, 15) is 39.2 Å². The molecule has 1 aromatic carbocycles. The quantitative estimate of drug-likeness (QED) is 0.726. The summed E-state index contributed by atoms with van der Waals surface area (Å²) in [6.07, 6.45) is -10.3. The van der Waals surface area contributed by atoms with Crippen molar-refractivity contribution in [1.29, 1.82) is 0 Å². The van der Waals surface area contributed by atoms with E-state index in [-0.39, 0.29) is 4.68 Å². The van der Waals surface area contributed by atoms with Crippen LogP contribution in [0.2, 0.25) is 5.02 Å². The Balaban J connectivity index is 2.85. The monoisotopic (exact) mass is 439 g/mol. The Kier molecular flexibility index (Phi) is 5.16. The third kappa shape index (κ3) is 4.46. The molecule has 0 amide bonds. The molecule has 0 saturated heterocycles. The lowest BCUT2D eigenvalue weighted by Gasteiger charge is -2.14. The first-order chi connectivity index (χ1) is 12.0. The summed E-state index contributed by atoms with van der Waals surface area (Å²) in [4.78, 5) is 0. The van der Waals surface area contributed by atoms with Gasteiger partial charge in [-0.25, -0.2) is 12.8 Å². The van der Waals surface area contributed by atoms with Crippen LogP contribution in [-0.4, -0.2) is 24.5 Å². The van der Waals surface area contributed by atoms with Crippen molar-refractivity contribution in [2.75, 3.05) is 11.0 Å². The summed E-state index contributed by atoms with van der Waals surface area (Å²) in [5.74, 6) is -1.42. The Morgan fingerprint density at radius 1 is 1.11 bits per heavy atom. The van der Waals surface area contributed by atoms with Crippen LogP contribution in [-0.2, 0) is 29.4 Å². The second-order valence-corrected chi connectivity index (χ2v) is 7.53. The van der Waals surface area contributed by atoms with Gasteiger partial charge in [-0.15, -0.1) is 0 Å². The molecule has 5 nitrogen and oxygen atoms in total. The molecule has 27 heavy (non-hydrogen) atoms. The van der Waals surface area contributed by atoms with Crippen LogP contribution in [0.5, 0.6) is 0 Å². The number of anilines is 1. The zero-order valence-electron chi connectivity index (χ0n) is 13.3. The van der Waals surface area contributed by atoms with E-state index >= 15 is 0 Å². The van der Waals surface area contributed by atoms with Crippen molar-refractivity contribution in [2.24, 2.45) is 7.05 Å². The molecule has 2 rings (SSSR count). The van der Waals surface area contributed by atoms with Gasteiger partial charge < -0.3 is 0 Å². The van der Waals surface area contributed by atoms with Crippen molar-refractivity contribution in [3.63, 3.8) is 0 Å². The highest BCUT2D eigenvalue weighted by molar-refractivity contribution is 7.92. The molecule has 14 heteroatoms. The van der Waals surface area contributed by atoms with E-state index < -0.39 is 61.4 Å². The number of hydrogen-bond acceptors (Lipinski definition) is 3. The van der Waals surface area contributed by atoms with Gasteiger partial charge >= 0.3 is 12.4 Å². The molecule has 0 aliphatic heterocycles. The maximum absolute atomic E-state index is 14.2. The van der Waals surface area contributed by atoms with Gasteiger partial charge in [0.1, 0.15) is 17.1 Å². The van der Waals surface area contributed by atoms with E-state index in [1.165, 1.54) is 0 Å². The number of rotatable bonds is 3. The van der Waals surface area contributed by atoms with Crippen molar-refractivity contribution >= 4 is 27.3 Å². The van der Waals surface area contributed by atoms with Crippen LogP contribution in [0.3, 0.4) is 0 Å². The van der Waals surface area contributed by atoms with Crippen LogP contribution >= 0.6 is 11.6 Å². The summed E-state index contributed by atoms with van der Waals surface area (Å²) in [6.45, 7) is 0. The minimum absolute atomic E-state index is 0.0735. The molecule has 0 unspecified atom stereocenters. The molecule has 150 valence electrons. The van der Waals surface area contributed by atoms with Crippen molar-refractivity contribution < 1.29 is 39.2 Å². The summed E-state index contributed by atoms with van der Waals surface area (Å²) < 4.78 is 118. The Morgan fingerprint density at radius 2 is 1.67 bits per heavy atom. The fourth-order valence-corrected chi connectivity index (χ4v) is 3.14. The molecule has 0 bridgehead atoms. The van der Waals surface area contributed by atoms with Gasteiger partial charge in [0.25, 0.3) is 0 Å². The summed E-state index contributed by atoms with van der Waals surface area (Å²) >= 11 is 5.64. The molecule has 0 saturated carbocycles. The Hall–Kier alpha value is -2.02. The van der Waals surface area contributed by atoms with Gasteiger partial charge in [0.15, 0.2) is 5.69 Å². The zero-order chi connectivity index (χ0) is 20.9. The molecule has 0 fully saturated rings. The largest absolute Gasteiger partial charge is 0.433 e. The van der Waals surface area contributed by atoms with E-state index in [4.69, 9.17) is 11.6 Å². The van der Waals surface area contributed by atoms with Gasteiger partial charge in [-0.3, -0.25) is 9.40 Å². The van der Waals surface area contributed by atoms with E-state index in [0.717, 1.165) is 0 Å². The predicted octanol–water partition coefficient (Wildman–Crippen LogP) is 4.29. The van der Waals surface area contributed by atoms with Gasteiger partial charge in [0.2, 0.25) is 10.0 Å². The van der Waals surface area contributed by atoms with E-state index in [1.807, 2.05) is 4.72 Å². The standard InChI is InChI=1S/C13H9ClF7N3O2S/c1-24-11(13(19,20)21)9(12(16,17)18)10(22-24)5-3-8(23-27(2,25)26)6(14)4-7(5)15/h3-4,23H,1-2H3. The summed E-state index contributed by atoms with van der Waals surface area (Å²) in [7, 11) is -3.34. The van der Waals surface area contributed by atoms with Crippen molar-refractivity contribution in [2.45, 2.75) is 12.4 Å². The third-order valence-corrected chi connectivity index (χ3v) is 4.11. The minimum atomic E-state index is -5.52.